The van der Waals surface area contributed by atoms with E-state index in [4.69, 9.17) is 4.74 Å². The molecular weight excluding hydrogens is 338 g/mol. The molecule has 0 bridgehead atoms. The average molecular weight is 357 g/mol. The lowest BCUT2D eigenvalue weighted by molar-refractivity contribution is -0.130. The Kier molecular flexibility index (Phi) is 4.01. The van der Waals surface area contributed by atoms with Crippen LogP contribution in [0.25, 0.3) is 16.1 Å². The van der Waals surface area contributed by atoms with E-state index in [2.05, 4.69) is 20.5 Å². The van der Waals surface area contributed by atoms with Gasteiger partial charge in [0.05, 0.1) is 10.5 Å². The Morgan fingerprint density at radius 1 is 1.44 bits per heavy atom. The lowest BCUT2D eigenvalue weighted by Gasteiger charge is -2.34. The van der Waals surface area contributed by atoms with Crippen molar-refractivity contribution in [2.75, 3.05) is 11.9 Å². The molecule has 3 aromatic rings. The summed E-state index contributed by atoms with van der Waals surface area (Å²) in [5.41, 5.74) is 1.56. The third kappa shape index (κ3) is 3.40. The monoisotopic (exact) mass is 357 g/mol. The lowest BCUT2D eigenvalue weighted by atomic mass is 9.88. The summed E-state index contributed by atoms with van der Waals surface area (Å²) in [4.78, 5) is 17.9. The number of nitrogens with one attached hydrogen (secondary N) is 1. The van der Waals surface area contributed by atoms with E-state index in [1.807, 2.05) is 36.6 Å². The molecule has 0 saturated carbocycles. The fourth-order valence-corrected chi connectivity index (χ4v) is 3.91. The van der Waals surface area contributed by atoms with Crippen LogP contribution < -0.4 is 5.32 Å². The molecule has 0 radical (unpaired) electrons. The number of hydrogen-bond acceptors (Lipinski definition) is 6. The van der Waals surface area contributed by atoms with E-state index < -0.39 is 0 Å². The molecule has 8 heteroatoms. The predicted octanol–water partition coefficient (Wildman–Crippen LogP) is 3.00. The van der Waals surface area contributed by atoms with Gasteiger partial charge in [0.2, 0.25) is 5.91 Å². The Labute approximate surface area is 149 Å². The van der Waals surface area contributed by atoms with Gasteiger partial charge in [-0.25, -0.2) is 4.98 Å². The molecule has 1 atom stereocenters. The van der Waals surface area contributed by atoms with Crippen LogP contribution in [-0.4, -0.2) is 37.7 Å². The molecule has 4 heterocycles. The molecule has 1 fully saturated rings. The summed E-state index contributed by atoms with van der Waals surface area (Å²) >= 11 is 1.46. The smallest absolute Gasteiger partial charge is 0.229 e. The Bertz CT molecular complexity index is 917. The summed E-state index contributed by atoms with van der Waals surface area (Å²) in [6.45, 7) is 4.66. The zero-order valence-electron chi connectivity index (χ0n) is 14.1. The van der Waals surface area contributed by atoms with Crippen molar-refractivity contribution < 1.29 is 9.53 Å². The van der Waals surface area contributed by atoms with Crippen LogP contribution in [0.4, 0.5) is 5.13 Å². The highest BCUT2D eigenvalue weighted by Crippen LogP contribution is 2.32. The van der Waals surface area contributed by atoms with Crippen LogP contribution in [0.2, 0.25) is 0 Å². The Morgan fingerprint density at radius 2 is 2.32 bits per heavy atom. The molecule has 0 spiro atoms. The van der Waals surface area contributed by atoms with Gasteiger partial charge in [-0.15, -0.1) is 10.2 Å². The molecule has 7 nitrogen and oxygen atoms in total. The second-order valence-electron chi connectivity index (χ2n) is 6.83. The zero-order valence-corrected chi connectivity index (χ0v) is 14.9. The van der Waals surface area contributed by atoms with Crippen LogP contribution in [-0.2, 0) is 9.53 Å². The Balaban J connectivity index is 1.48. The van der Waals surface area contributed by atoms with Crippen molar-refractivity contribution in [2.24, 2.45) is 5.92 Å². The summed E-state index contributed by atoms with van der Waals surface area (Å²) in [7, 11) is 0. The van der Waals surface area contributed by atoms with Crippen LogP contribution in [0.3, 0.4) is 0 Å². The first-order chi connectivity index (χ1) is 12.0. The number of carbonyl (C=O) groups is 1. The summed E-state index contributed by atoms with van der Waals surface area (Å²) in [6.07, 6.45) is 6.86. The van der Waals surface area contributed by atoms with Crippen LogP contribution in [0.5, 0.6) is 0 Å². The fraction of sp³-hybridized carbons (Fsp3) is 0.412. The number of ether oxygens (including phenoxy) is 1. The number of hydrogen-bond donors (Lipinski definition) is 1. The minimum Gasteiger partial charge on any atom is -0.376 e. The predicted molar refractivity (Wildman–Crippen MR) is 95.5 cm³/mol. The molecule has 25 heavy (non-hydrogen) atoms. The molecule has 0 aliphatic carbocycles. The van der Waals surface area contributed by atoms with Gasteiger partial charge >= 0.3 is 0 Å². The number of rotatable bonds is 3. The van der Waals surface area contributed by atoms with Gasteiger partial charge in [-0.3, -0.25) is 9.20 Å². The normalized spacial score (nSPS) is 19.8. The van der Waals surface area contributed by atoms with Crippen LogP contribution in [0.1, 0.15) is 26.7 Å². The number of carbonyl (C=O) groups excluding carboxylic acids is 1. The quantitative estimate of drug-likeness (QED) is 0.779. The average Bonchev–Trinajstić information content (AvgIpc) is 3.22. The number of fused-ring (bicyclic) bond motifs is 1. The number of amides is 1. The number of anilines is 1. The van der Waals surface area contributed by atoms with Gasteiger partial charge in [0, 0.05) is 30.5 Å². The first-order valence-corrected chi connectivity index (χ1v) is 9.02. The third-order valence-corrected chi connectivity index (χ3v) is 5.34. The Morgan fingerprint density at radius 3 is 3.16 bits per heavy atom. The van der Waals surface area contributed by atoms with Crippen molar-refractivity contribution in [1.29, 1.82) is 0 Å². The van der Waals surface area contributed by atoms with Gasteiger partial charge in [-0.1, -0.05) is 11.3 Å². The molecule has 1 N–H and O–H groups in total. The van der Waals surface area contributed by atoms with Gasteiger partial charge in [0.15, 0.2) is 10.8 Å². The van der Waals surface area contributed by atoms with Gasteiger partial charge in [-0.2, -0.15) is 0 Å². The largest absolute Gasteiger partial charge is 0.376 e. The second-order valence-corrected chi connectivity index (χ2v) is 7.86. The van der Waals surface area contributed by atoms with Crippen molar-refractivity contribution in [3.63, 3.8) is 0 Å². The maximum Gasteiger partial charge on any atom is 0.229 e. The molecule has 4 rings (SSSR count). The van der Waals surface area contributed by atoms with Crippen LogP contribution in [0.15, 0.2) is 30.9 Å². The second kappa shape index (κ2) is 6.20. The molecule has 1 saturated heterocycles. The molecular formula is C17H19N5O2S. The minimum absolute atomic E-state index is 0.0199. The number of pyridine rings is 1. The van der Waals surface area contributed by atoms with E-state index in [9.17, 15) is 4.79 Å². The first kappa shape index (κ1) is 16.2. The summed E-state index contributed by atoms with van der Waals surface area (Å²) in [5.74, 6) is -0.0176. The highest BCUT2D eigenvalue weighted by Gasteiger charge is 2.33. The van der Waals surface area contributed by atoms with Gasteiger partial charge in [-0.05, 0) is 38.8 Å². The maximum absolute atomic E-state index is 12.5. The molecule has 0 aromatic carbocycles. The van der Waals surface area contributed by atoms with E-state index >= 15 is 0 Å². The summed E-state index contributed by atoms with van der Waals surface area (Å²) < 4.78 is 7.54. The Hall–Kier alpha value is -2.32. The molecule has 1 aliphatic rings. The summed E-state index contributed by atoms with van der Waals surface area (Å²) in [5, 5.41) is 11.4. The van der Waals surface area contributed by atoms with Crippen LogP contribution in [0, 0.1) is 5.92 Å². The first-order valence-electron chi connectivity index (χ1n) is 8.21. The highest BCUT2D eigenvalue weighted by atomic mass is 32.1. The van der Waals surface area contributed by atoms with E-state index in [0.717, 1.165) is 28.9 Å². The topological polar surface area (TPSA) is 81.4 Å². The third-order valence-electron chi connectivity index (χ3n) is 4.38. The van der Waals surface area contributed by atoms with E-state index in [-0.39, 0.29) is 17.4 Å². The number of aromatic nitrogens is 4. The van der Waals surface area contributed by atoms with Gasteiger partial charge in [0.25, 0.3) is 0 Å². The van der Waals surface area contributed by atoms with Crippen molar-refractivity contribution in [3.05, 3.63) is 30.9 Å². The standard InChI is InChI=1S/C17H19N5O2S/c1-17(2)7-11(5-6-24-17)15(23)20-16-18-8-13(25-16)12-3-4-14-21-19-10-22(14)9-12/h3-4,8-11H,5-7H2,1-2H3,(H,18,20,23). The molecule has 1 unspecified atom stereocenters. The van der Waals surface area contributed by atoms with E-state index in [1.165, 1.54) is 11.3 Å². The zero-order chi connectivity index (χ0) is 17.4. The van der Waals surface area contributed by atoms with Crippen molar-refractivity contribution in [2.45, 2.75) is 32.3 Å². The molecule has 1 aliphatic heterocycles. The number of thiazole rings is 1. The lowest BCUT2D eigenvalue weighted by Crippen LogP contribution is -2.39. The maximum atomic E-state index is 12.5. The highest BCUT2D eigenvalue weighted by molar-refractivity contribution is 7.19. The van der Waals surface area contributed by atoms with Crippen molar-refractivity contribution in [1.82, 2.24) is 19.6 Å². The van der Waals surface area contributed by atoms with Crippen molar-refractivity contribution in [3.8, 4) is 10.4 Å². The molecule has 3 aromatic heterocycles. The van der Waals surface area contributed by atoms with Crippen LogP contribution >= 0.6 is 11.3 Å². The van der Waals surface area contributed by atoms with E-state index in [1.54, 1.807) is 12.5 Å². The van der Waals surface area contributed by atoms with Gasteiger partial charge < -0.3 is 10.1 Å². The SMILES string of the molecule is CC1(C)CC(C(=O)Nc2ncc(-c3ccc4nncn4c3)s2)CCO1. The molecule has 1 amide bonds. The number of nitrogens with zero attached hydrogens (tertiary/aromatic N) is 4. The minimum atomic E-state index is -0.247. The van der Waals surface area contributed by atoms with Gasteiger partial charge in [0.1, 0.15) is 6.33 Å². The van der Waals surface area contributed by atoms with E-state index in [0.29, 0.717) is 11.7 Å². The summed E-state index contributed by atoms with van der Waals surface area (Å²) in [6, 6.07) is 3.88. The molecule has 130 valence electrons. The fourth-order valence-electron chi connectivity index (χ4n) is 3.10. The van der Waals surface area contributed by atoms with Crippen molar-refractivity contribution >= 4 is 28.0 Å².